The fraction of sp³-hybridized carbons (Fsp3) is 0.538. The lowest BCUT2D eigenvalue weighted by atomic mass is 10.0. The van der Waals surface area contributed by atoms with E-state index in [1.165, 1.54) is 0 Å². The summed E-state index contributed by atoms with van der Waals surface area (Å²) in [5.41, 5.74) is 0.348. The first-order valence-corrected chi connectivity index (χ1v) is 8.50. The minimum Gasteiger partial charge on any atom is -0.374 e. The fourth-order valence-corrected chi connectivity index (χ4v) is 4.10. The molecule has 0 aromatic heterocycles. The minimum absolute atomic E-state index is 0.307. The number of nitrogens with one attached hydrogen (secondary N) is 1. The van der Waals surface area contributed by atoms with E-state index in [0.717, 1.165) is 22.9 Å². The van der Waals surface area contributed by atoms with Crippen molar-refractivity contribution in [3.05, 3.63) is 28.2 Å². The first-order valence-electron chi connectivity index (χ1n) is 6.22. The molecule has 1 aliphatic heterocycles. The van der Waals surface area contributed by atoms with Gasteiger partial charge < -0.3 is 4.74 Å². The van der Waals surface area contributed by atoms with Crippen molar-refractivity contribution in [2.24, 2.45) is 0 Å². The molecule has 1 heterocycles. The molecule has 1 unspecified atom stereocenters. The molecule has 1 atom stereocenters. The summed E-state index contributed by atoms with van der Waals surface area (Å²) in [7, 11) is -3.50. The molecule has 4 nitrogen and oxygen atoms in total. The van der Waals surface area contributed by atoms with Crippen molar-refractivity contribution in [3.8, 4) is 0 Å². The van der Waals surface area contributed by atoms with Crippen LogP contribution >= 0.6 is 15.9 Å². The van der Waals surface area contributed by atoms with Crippen molar-refractivity contribution in [1.29, 1.82) is 0 Å². The molecule has 0 saturated carbocycles. The van der Waals surface area contributed by atoms with E-state index in [0.29, 0.717) is 18.0 Å². The lowest BCUT2D eigenvalue weighted by molar-refractivity contribution is 0.0250. The number of benzene rings is 1. The van der Waals surface area contributed by atoms with Gasteiger partial charge in [-0.3, -0.25) is 0 Å². The summed E-state index contributed by atoms with van der Waals surface area (Å²) in [5, 5.41) is 0. The highest BCUT2D eigenvalue weighted by atomic mass is 79.9. The molecular weight excluding hydrogens is 330 g/mol. The maximum absolute atomic E-state index is 12.3. The topological polar surface area (TPSA) is 55.4 Å². The van der Waals surface area contributed by atoms with Gasteiger partial charge in [0.2, 0.25) is 10.0 Å². The lowest BCUT2D eigenvalue weighted by Gasteiger charge is -2.23. The van der Waals surface area contributed by atoms with Crippen molar-refractivity contribution in [1.82, 2.24) is 4.72 Å². The Bertz CT molecular complexity index is 565. The van der Waals surface area contributed by atoms with Crippen LogP contribution in [-0.4, -0.2) is 27.2 Å². The third-order valence-corrected chi connectivity index (χ3v) is 5.41. The van der Waals surface area contributed by atoms with Crippen LogP contribution in [0.5, 0.6) is 0 Å². The van der Waals surface area contributed by atoms with E-state index in [4.69, 9.17) is 4.74 Å². The number of hydrogen-bond donors (Lipinski definition) is 1. The zero-order chi connectivity index (χ0) is 14.1. The fourth-order valence-electron chi connectivity index (χ4n) is 2.17. The summed E-state index contributed by atoms with van der Waals surface area (Å²) in [6.45, 7) is 4.74. The Hall–Kier alpha value is -0.430. The number of aryl methyl sites for hydroxylation is 1. The van der Waals surface area contributed by atoms with Crippen LogP contribution in [0.15, 0.2) is 27.6 Å². The normalized spacial score (nSPS) is 23.7. The van der Waals surface area contributed by atoms with Crippen molar-refractivity contribution in [3.63, 3.8) is 0 Å². The average molecular weight is 348 g/mol. The highest BCUT2D eigenvalue weighted by Gasteiger charge is 2.31. The molecule has 0 aliphatic carbocycles. The van der Waals surface area contributed by atoms with Crippen LogP contribution in [0.4, 0.5) is 0 Å². The van der Waals surface area contributed by atoms with Crippen molar-refractivity contribution < 1.29 is 13.2 Å². The van der Waals surface area contributed by atoms with Crippen LogP contribution in [-0.2, 0) is 14.8 Å². The van der Waals surface area contributed by atoms with E-state index in [1.807, 2.05) is 13.0 Å². The predicted molar refractivity (Wildman–Crippen MR) is 77.7 cm³/mol. The van der Waals surface area contributed by atoms with E-state index in [9.17, 15) is 8.42 Å². The molecular formula is C13H18BrNO3S. The van der Waals surface area contributed by atoms with Gasteiger partial charge in [-0.1, -0.05) is 22.0 Å². The van der Waals surface area contributed by atoms with Gasteiger partial charge in [0.25, 0.3) is 0 Å². The lowest BCUT2D eigenvalue weighted by Crippen LogP contribution is -2.40. The van der Waals surface area contributed by atoms with Gasteiger partial charge in [-0.2, -0.15) is 0 Å². The van der Waals surface area contributed by atoms with E-state index >= 15 is 0 Å². The molecule has 1 saturated heterocycles. The summed E-state index contributed by atoms with van der Waals surface area (Å²) in [5.74, 6) is 0. The smallest absolute Gasteiger partial charge is 0.240 e. The zero-order valence-corrected chi connectivity index (χ0v) is 13.5. The van der Waals surface area contributed by atoms with Gasteiger partial charge in [0.1, 0.15) is 0 Å². The first kappa shape index (κ1) is 15.0. The summed E-state index contributed by atoms with van der Waals surface area (Å²) >= 11 is 3.30. The van der Waals surface area contributed by atoms with Gasteiger partial charge in [0.05, 0.1) is 10.5 Å². The number of ether oxygens (including phenoxy) is 1. The Labute approximate surface area is 122 Å². The zero-order valence-electron chi connectivity index (χ0n) is 11.1. The quantitative estimate of drug-likeness (QED) is 0.910. The highest BCUT2D eigenvalue weighted by molar-refractivity contribution is 9.10. The summed E-state index contributed by atoms with van der Waals surface area (Å²) in [6, 6.07) is 5.23. The van der Waals surface area contributed by atoms with Crippen LogP contribution in [0, 0.1) is 6.92 Å². The second-order valence-corrected chi connectivity index (χ2v) is 7.79. The summed E-state index contributed by atoms with van der Waals surface area (Å²) in [4.78, 5) is 0.309. The van der Waals surface area contributed by atoms with Gasteiger partial charge >= 0.3 is 0 Å². The highest BCUT2D eigenvalue weighted by Crippen LogP contribution is 2.25. The summed E-state index contributed by atoms with van der Waals surface area (Å²) < 4.78 is 33.6. The van der Waals surface area contributed by atoms with Gasteiger partial charge in [-0.15, -0.1) is 0 Å². The number of halogens is 1. The number of sulfonamides is 1. The molecule has 0 spiro atoms. The van der Waals surface area contributed by atoms with Gasteiger partial charge in [0, 0.05) is 17.6 Å². The molecule has 6 heteroatoms. The molecule has 0 radical (unpaired) electrons. The van der Waals surface area contributed by atoms with E-state index in [1.54, 1.807) is 19.1 Å². The third kappa shape index (κ3) is 3.56. The van der Waals surface area contributed by atoms with Crippen LogP contribution in [0.3, 0.4) is 0 Å². The Morgan fingerprint density at radius 2 is 2.21 bits per heavy atom. The average Bonchev–Trinajstić information content (AvgIpc) is 2.78. The molecule has 19 heavy (non-hydrogen) atoms. The van der Waals surface area contributed by atoms with E-state index in [2.05, 4.69) is 20.7 Å². The minimum atomic E-state index is -3.50. The van der Waals surface area contributed by atoms with Crippen LogP contribution < -0.4 is 4.72 Å². The third-order valence-electron chi connectivity index (χ3n) is 3.38. The van der Waals surface area contributed by atoms with Crippen LogP contribution in [0.25, 0.3) is 0 Å². The molecule has 2 rings (SSSR count). The van der Waals surface area contributed by atoms with Crippen molar-refractivity contribution in [2.45, 2.75) is 37.2 Å². The van der Waals surface area contributed by atoms with Gasteiger partial charge in [-0.25, -0.2) is 13.1 Å². The van der Waals surface area contributed by atoms with Crippen molar-refractivity contribution >= 4 is 26.0 Å². The molecule has 1 fully saturated rings. The molecule has 1 N–H and O–H groups in total. The standard InChI is InChI=1S/C13H18BrNO3S/c1-10-4-5-11(14)8-12(10)19(16,17)15-9-13(2)6-3-7-18-13/h4-5,8,15H,3,6-7,9H2,1-2H3. The second kappa shape index (κ2) is 5.52. The molecule has 1 aromatic rings. The number of hydrogen-bond acceptors (Lipinski definition) is 3. The van der Waals surface area contributed by atoms with Crippen LogP contribution in [0.1, 0.15) is 25.3 Å². The maximum Gasteiger partial charge on any atom is 0.240 e. The largest absolute Gasteiger partial charge is 0.374 e. The Balaban J connectivity index is 2.16. The monoisotopic (exact) mass is 347 g/mol. The molecule has 0 amide bonds. The summed E-state index contributed by atoms with van der Waals surface area (Å²) in [6.07, 6.45) is 1.86. The maximum atomic E-state index is 12.3. The SMILES string of the molecule is Cc1ccc(Br)cc1S(=O)(=O)NCC1(C)CCCO1. The van der Waals surface area contributed by atoms with Crippen LogP contribution in [0.2, 0.25) is 0 Å². The predicted octanol–water partition coefficient (Wildman–Crippen LogP) is 2.60. The van der Waals surface area contributed by atoms with Gasteiger partial charge in [-0.05, 0) is 44.4 Å². The Morgan fingerprint density at radius 1 is 1.47 bits per heavy atom. The molecule has 106 valence electrons. The van der Waals surface area contributed by atoms with Gasteiger partial charge in [0.15, 0.2) is 0 Å². The van der Waals surface area contributed by atoms with Crippen molar-refractivity contribution in [2.75, 3.05) is 13.2 Å². The Kier molecular flexibility index (Phi) is 4.35. The molecule has 1 aliphatic rings. The second-order valence-electron chi connectivity index (χ2n) is 5.14. The Morgan fingerprint density at radius 3 is 2.84 bits per heavy atom. The van der Waals surface area contributed by atoms with E-state index in [-0.39, 0.29) is 5.60 Å². The molecule has 0 bridgehead atoms. The first-order chi connectivity index (χ1) is 8.82. The number of rotatable bonds is 4. The van der Waals surface area contributed by atoms with E-state index < -0.39 is 10.0 Å². The molecule has 1 aromatic carbocycles.